The molecule has 1 atom stereocenters. The van der Waals surface area contributed by atoms with E-state index < -0.39 is 23.9 Å². The van der Waals surface area contributed by atoms with Gasteiger partial charge in [-0.15, -0.1) is 0 Å². The van der Waals surface area contributed by atoms with Gasteiger partial charge in [-0.2, -0.15) is 27.8 Å². The van der Waals surface area contributed by atoms with Crippen molar-refractivity contribution in [1.29, 1.82) is 0 Å². The molecule has 114 valence electrons. The van der Waals surface area contributed by atoms with Crippen LogP contribution >= 0.6 is 0 Å². The molecule has 0 saturated carbocycles. The number of aliphatic carboxylic acids is 1. The highest BCUT2D eigenvalue weighted by Gasteiger charge is 2.34. The van der Waals surface area contributed by atoms with Gasteiger partial charge in [0.15, 0.2) is 5.69 Å². The van der Waals surface area contributed by atoms with Crippen LogP contribution in [-0.2, 0) is 11.0 Å². The summed E-state index contributed by atoms with van der Waals surface area (Å²) in [5, 5.41) is 15.4. The van der Waals surface area contributed by atoms with Crippen molar-refractivity contribution in [1.82, 2.24) is 19.6 Å². The number of nitrogens with zero attached hydrogens (tertiary/aromatic N) is 4. The third-order valence-electron chi connectivity index (χ3n) is 2.78. The van der Waals surface area contributed by atoms with Crippen molar-refractivity contribution in [2.24, 2.45) is 5.92 Å². The van der Waals surface area contributed by atoms with Gasteiger partial charge in [-0.3, -0.25) is 0 Å². The van der Waals surface area contributed by atoms with Crippen LogP contribution in [0.4, 0.5) is 19.0 Å². The van der Waals surface area contributed by atoms with E-state index in [2.05, 4.69) is 20.4 Å². The molecule has 0 saturated heterocycles. The second kappa shape index (κ2) is 5.19. The van der Waals surface area contributed by atoms with E-state index in [9.17, 15) is 18.0 Å². The highest BCUT2D eigenvalue weighted by molar-refractivity contribution is 5.77. The summed E-state index contributed by atoms with van der Waals surface area (Å²) in [6, 6.07) is -0.360. The Kier molecular flexibility index (Phi) is 3.71. The van der Waals surface area contributed by atoms with Gasteiger partial charge in [-0.1, -0.05) is 13.8 Å². The summed E-state index contributed by atoms with van der Waals surface area (Å²) in [6.45, 7) is 3.27. The predicted molar refractivity (Wildman–Crippen MR) is 65.7 cm³/mol. The first-order chi connectivity index (χ1) is 9.70. The molecular weight excluding hydrogens is 291 g/mol. The maximum Gasteiger partial charge on any atom is 0.433 e. The van der Waals surface area contributed by atoms with E-state index in [1.165, 1.54) is 0 Å². The van der Waals surface area contributed by atoms with Crippen LogP contribution in [0.3, 0.4) is 0 Å². The van der Waals surface area contributed by atoms with Gasteiger partial charge in [-0.05, 0) is 5.92 Å². The summed E-state index contributed by atoms with van der Waals surface area (Å²) in [7, 11) is 0. The van der Waals surface area contributed by atoms with Crippen molar-refractivity contribution >= 4 is 17.6 Å². The molecule has 0 radical (unpaired) electrons. The predicted octanol–water partition coefficient (Wildman–Crippen LogP) is 1.66. The summed E-state index contributed by atoms with van der Waals surface area (Å²) < 4.78 is 39.4. The van der Waals surface area contributed by atoms with Crippen LogP contribution in [0.1, 0.15) is 19.5 Å². The lowest BCUT2D eigenvalue weighted by Gasteiger charge is -2.20. The zero-order valence-electron chi connectivity index (χ0n) is 11.1. The van der Waals surface area contributed by atoms with Crippen LogP contribution in [-0.4, -0.2) is 36.7 Å². The fourth-order valence-corrected chi connectivity index (χ4v) is 1.73. The van der Waals surface area contributed by atoms with Crippen LogP contribution in [0.25, 0.3) is 5.78 Å². The molecule has 0 unspecified atom stereocenters. The average Bonchev–Trinajstić information content (AvgIpc) is 2.81. The van der Waals surface area contributed by atoms with Gasteiger partial charge in [0, 0.05) is 6.07 Å². The van der Waals surface area contributed by atoms with E-state index in [0.29, 0.717) is 6.07 Å². The van der Waals surface area contributed by atoms with Crippen LogP contribution in [0.15, 0.2) is 12.4 Å². The summed E-state index contributed by atoms with van der Waals surface area (Å²) in [5.74, 6) is -1.92. The number of rotatable bonds is 4. The van der Waals surface area contributed by atoms with Gasteiger partial charge in [0.2, 0.25) is 0 Å². The van der Waals surface area contributed by atoms with Crippen molar-refractivity contribution in [3.63, 3.8) is 0 Å². The monoisotopic (exact) mass is 303 g/mol. The number of hydrogen-bond donors (Lipinski definition) is 2. The van der Waals surface area contributed by atoms with E-state index in [0.717, 1.165) is 10.8 Å². The molecule has 2 N–H and O–H groups in total. The van der Waals surface area contributed by atoms with Gasteiger partial charge < -0.3 is 10.4 Å². The Morgan fingerprint density at radius 2 is 2.10 bits per heavy atom. The number of fused-ring (bicyclic) bond motifs is 1. The number of carbonyl (C=O) groups is 1. The zero-order chi connectivity index (χ0) is 15.8. The Bertz CT molecular complexity index is 667. The van der Waals surface area contributed by atoms with Gasteiger partial charge in [0.05, 0.1) is 0 Å². The molecule has 0 bridgehead atoms. The van der Waals surface area contributed by atoms with E-state index in [4.69, 9.17) is 5.11 Å². The summed E-state index contributed by atoms with van der Waals surface area (Å²) in [4.78, 5) is 18.1. The first-order valence-electron chi connectivity index (χ1n) is 5.97. The third-order valence-corrected chi connectivity index (χ3v) is 2.78. The molecule has 2 aromatic rings. The van der Waals surface area contributed by atoms with Crippen molar-refractivity contribution in [3.05, 3.63) is 18.1 Å². The van der Waals surface area contributed by atoms with Gasteiger partial charge >= 0.3 is 12.1 Å². The lowest BCUT2D eigenvalue weighted by atomic mass is 10.1. The molecule has 0 spiro atoms. The maximum absolute atomic E-state index is 12.8. The molecule has 7 nitrogen and oxygen atoms in total. The van der Waals surface area contributed by atoms with Gasteiger partial charge in [0.25, 0.3) is 5.78 Å². The number of alkyl halides is 3. The first kappa shape index (κ1) is 15.0. The van der Waals surface area contributed by atoms with Gasteiger partial charge in [-0.25, -0.2) is 9.78 Å². The molecule has 2 heterocycles. The highest BCUT2D eigenvalue weighted by atomic mass is 19.4. The number of aromatic nitrogens is 4. The number of nitrogens with one attached hydrogen (secondary N) is 1. The van der Waals surface area contributed by atoms with E-state index >= 15 is 0 Å². The largest absolute Gasteiger partial charge is 0.480 e. The molecule has 2 aromatic heterocycles. The zero-order valence-corrected chi connectivity index (χ0v) is 11.1. The number of halogens is 3. The van der Waals surface area contributed by atoms with Crippen molar-refractivity contribution in [2.75, 3.05) is 5.32 Å². The number of carboxylic acids is 1. The minimum absolute atomic E-state index is 0.133. The molecule has 0 aromatic carbocycles. The minimum atomic E-state index is -4.67. The molecule has 0 aliphatic heterocycles. The summed E-state index contributed by atoms with van der Waals surface area (Å²) in [6.07, 6.45) is -3.63. The fraction of sp³-hybridized carbons (Fsp3) is 0.455. The number of carboxylic acid groups (broad SMARTS) is 1. The molecule has 0 aliphatic rings. The average molecular weight is 303 g/mol. The Morgan fingerprint density at radius 1 is 1.43 bits per heavy atom. The lowest BCUT2D eigenvalue weighted by molar-refractivity contribution is -0.141. The Labute approximate surface area is 116 Å². The first-order valence-corrected chi connectivity index (χ1v) is 5.97. The summed E-state index contributed by atoms with van der Waals surface area (Å²) in [5.41, 5.74) is -1.17. The Balaban J connectivity index is 2.51. The minimum Gasteiger partial charge on any atom is -0.480 e. The second-order valence-electron chi connectivity index (χ2n) is 4.70. The van der Waals surface area contributed by atoms with Gasteiger partial charge in [0.1, 0.15) is 18.2 Å². The fourth-order valence-electron chi connectivity index (χ4n) is 1.73. The molecule has 2 rings (SSSR count). The summed E-state index contributed by atoms with van der Waals surface area (Å²) >= 11 is 0. The smallest absolute Gasteiger partial charge is 0.433 e. The molecule has 21 heavy (non-hydrogen) atoms. The molecule has 0 aliphatic carbocycles. The standard InChI is InChI=1S/C11H12F3N5O2/c1-5(2)8(9(20)21)18-7-3-6(11(12,13)14)17-10-15-4-16-19(7)10/h3-5,8,18H,1-2H3,(H,20,21)/t8-/m0/s1. The van der Waals surface area contributed by atoms with E-state index in [-0.39, 0.29) is 17.5 Å². The van der Waals surface area contributed by atoms with Crippen LogP contribution in [0.5, 0.6) is 0 Å². The third kappa shape index (κ3) is 3.03. The topological polar surface area (TPSA) is 92.4 Å². The van der Waals surface area contributed by atoms with Crippen molar-refractivity contribution in [3.8, 4) is 0 Å². The number of hydrogen-bond acceptors (Lipinski definition) is 5. The van der Waals surface area contributed by atoms with Crippen LogP contribution in [0.2, 0.25) is 0 Å². The van der Waals surface area contributed by atoms with E-state index in [1.54, 1.807) is 13.8 Å². The molecule has 10 heteroatoms. The Hall–Kier alpha value is -2.39. The van der Waals surface area contributed by atoms with E-state index in [1.807, 2.05) is 0 Å². The quantitative estimate of drug-likeness (QED) is 0.892. The Morgan fingerprint density at radius 3 is 2.62 bits per heavy atom. The van der Waals surface area contributed by atoms with Crippen molar-refractivity contribution in [2.45, 2.75) is 26.1 Å². The highest BCUT2D eigenvalue weighted by Crippen LogP contribution is 2.29. The SMILES string of the molecule is CC(C)[C@H](Nc1cc(C(F)(F)F)nc2ncnn12)C(=O)O. The van der Waals surface area contributed by atoms with Crippen molar-refractivity contribution < 1.29 is 23.1 Å². The second-order valence-corrected chi connectivity index (χ2v) is 4.70. The number of anilines is 1. The maximum atomic E-state index is 12.8. The van der Waals surface area contributed by atoms with Crippen LogP contribution < -0.4 is 5.32 Å². The molecular formula is C11H12F3N5O2. The molecule has 0 amide bonds. The normalized spacial score (nSPS) is 13.6. The lowest BCUT2D eigenvalue weighted by Crippen LogP contribution is -2.35. The molecule has 0 fully saturated rings. The van der Waals surface area contributed by atoms with Crippen LogP contribution in [0, 0.1) is 5.92 Å².